The van der Waals surface area contributed by atoms with E-state index < -0.39 is 29.9 Å². The van der Waals surface area contributed by atoms with Gasteiger partial charge in [0.1, 0.15) is 29.9 Å². The molecule has 0 radical (unpaired) electrons. The zero-order valence-corrected chi connectivity index (χ0v) is 9.59. The van der Waals surface area contributed by atoms with Crippen molar-refractivity contribution < 1.29 is 25.2 Å². The third-order valence-corrected chi connectivity index (χ3v) is 3.46. The molecule has 1 aliphatic heterocycles. The molecule has 1 saturated heterocycles. The molecular weight excluding hydrogens is 220 g/mol. The fourth-order valence-electron chi connectivity index (χ4n) is 1.45. The van der Waals surface area contributed by atoms with Gasteiger partial charge >= 0.3 is 0 Å². The zero-order chi connectivity index (χ0) is 11.6. The van der Waals surface area contributed by atoms with Crippen LogP contribution >= 0.6 is 11.8 Å². The monoisotopic (exact) mass is 238 g/mol. The molecule has 15 heavy (non-hydrogen) atoms. The van der Waals surface area contributed by atoms with Gasteiger partial charge in [0.25, 0.3) is 0 Å². The highest BCUT2D eigenvalue weighted by atomic mass is 32.2. The maximum absolute atomic E-state index is 9.63. The molecule has 5 nitrogen and oxygen atoms in total. The maximum atomic E-state index is 9.63. The minimum Gasteiger partial charge on any atom is -0.394 e. The lowest BCUT2D eigenvalue weighted by Gasteiger charge is -2.40. The van der Waals surface area contributed by atoms with Crippen LogP contribution in [0.4, 0.5) is 0 Å². The Labute approximate surface area is 93.1 Å². The molecule has 0 amide bonds. The Morgan fingerprint density at radius 3 is 2.20 bits per heavy atom. The van der Waals surface area contributed by atoms with E-state index in [0.29, 0.717) is 0 Å². The largest absolute Gasteiger partial charge is 0.394 e. The molecule has 4 N–H and O–H groups in total. The number of ether oxygens (including phenoxy) is 1. The number of hydrogen-bond acceptors (Lipinski definition) is 6. The van der Waals surface area contributed by atoms with E-state index in [1.165, 1.54) is 11.8 Å². The fraction of sp³-hybridized carbons (Fsp3) is 1.00. The molecule has 0 saturated carbocycles. The van der Waals surface area contributed by atoms with Crippen molar-refractivity contribution in [3.63, 3.8) is 0 Å². The summed E-state index contributed by atoms with van der Waals surface area (Å²) >= 11 is 1.35. The summed E-state index contributed by atoms with van der Waals surface area (Å²) in [4.78, 5) is 0. The Morgan fingerprint density at radius 1 is 1.13 bits per heavy atom. The van der Waals surface area contributed by atoms with Crippen LogP contribution in [0.1, 0.15) is 13.8 Å². The van der Waals surface area contributed by atoms with Crippen molar-refractivity contribution in [3.8, 4) is 0 Å². The van der Waals surface area contributed by atoms with Crippen LogP contribution in [0.5, 0.6) is 0 Å². The van der Waals surface area contributed by atoms with E-state index in [1.54, 1.807) is 0 Å². The normalized spacial score (nSPS) is 42.2. The highest BCUT2D eigenvalue weighted by Gasteiger charge is 2.43. The summed E-state index contributed by atoms with van der Waals surface area (Å²) in [7, 11) is 0. The lowest BCUT2D eigenvalue weighted by atomic mass is 10.0. The molecule has 0 spiro atoms. The summed E-state index contributed by atoms with van der Waals surface area (Å²) in [5.74, 6) is 0. The highest BCUT2D eigenvalue weighted by molar-refractivity contribution is 8.00. The van der Waals surface area contributed by atoms with Gasteiger partial charge in [-0.3, -0.25) is 0 Å². The number of hydrogen-bond donors (Lipinski definition) is 4. The van der Waals surface area contributed by atoms with Crippen LogP contribution in [0, 0.1) is 0 Å². The summed E-state index contributed by atoms with van der Waals surface area (Å²) in [6.45, 7) is 3.50. The summed E-state index contributed by atoms with van der Waals surface area (Å²) in [6, 6.07) is 0. The average Bonchev–Trinajstić information content (AvgIpc) is 2.18. The van der Waals surface area contributed by atoms with Crippen LogP contribution in [0.2, 0.25) is 0 Å². The Bertz CT molecular complexity index is 199. The third kappa shape index (κ3) is 3.05. The Hall–Kier alpha value is 0.150. The Kier molecular flexibility index (Phi) is 4.82. The molecule has 1 heterocycles. The van der Waals surface area contributed by atoms with E-state index in [9.17, 15) is 15.3 Å². The molecule has 1 rings (SSSR count). The first-order valence-electron chi connectivity index (χ1n) is 4.93. The van der Waals surface area contributed by atoms with Crippen molar-refractivity contribution in [1.82, 2.24) is 0 Å². The summed E-state index contributed by atoms with van der Waals surface area (Å²) in [5, 5.41) is 37.8. The van der Waals surface area contributed by atoms with Gasteiger partial charge in [0.2, 0.25) is 0 Å². The van der Waals surface area contributed by atoms with Crippen LogP contribution in [0.15, 0.2) is 0 Å². The fourth-order valence-corrected chi connectivity index (χ4v) is 2.51. The second kappa shape index (κ2) is 5.47. The average molecular weight is 238 g/mol. The first-order chi connectivity index (χ1) is 6.97. The first kappa shape index (κ1) is 13.2. The maximum Gasteiger partial charge on any atom is 0.132 e. The SMILES string of the molecule is CC(C)S[C@@H]1OC(CO)[C@H](O)[C@@H](O)[C@H]1O. The van der Waals surface area contributed by atoms with E-state index in [0.717, 1.165) is 0 Å². The molecule has 0 aromatic rings. The molecule has 5 atom stereocenters. The minimum absolute atomic E-state index is 0.228. The predicted molar refractivity (Wildman–Crippen MR) is 56.5 cm³/mol. The molecule has 1 aliphatic rings. The van der Waals surface area contributed by atoms with E-state index in [1.807, 2.05) is 13.8 Å². The van der Waals surface area contributed by atoms with Gasteiger partial charge in [-0.2, -0.15) is 0 Å². The van der Waals surface area contributed by atoms with Crippen LogP contribution in [0.3, 0.4) is 0 Å². The second-order valence-electron chi connectivity index (χ2n) is 3.88. The van der Waals surface area contributed by atoms with Gasteiger partial charge in [0.15, 0.2) is 0 Å². The number of aliphatic hydroxyl groups excluding tert-OH is 4. The van der Waals surface area contributed by atoms with Gasteiger partial charge in [0, 0.05) is 5.25 Å². The molecule has 6 heteroatoms. The number of aliphatic hydroxyl groups is 4. The topological polar surface area (TPSA) is 90.2 Å². The van der Waals surface area contributed by atoms with Gasteiger partial charge in [-0.15, -0.1) is 11.8 Å². The standard InChI is InChI=1S/C9H18O5S/c1-4(2)15-9-8(13)7(12)6(11)5(3-10)14-9/h4-13H,3H2,1-2H3/t5?,6-,7+,8+,9-/m0/s1. The molecule has 1 unspecified atom stereocenters. The van der Waals surface area contributed by atoms with Crippen molar-refractivity contribution in [3.05, 3.63) is 0 Å². The van der Waals surface area contributed by atoms with Crippen molar-refractivity contribution >= 4 is 11.8 Å². The van der Waals surface area contributed by atoms with E-state index in [2.05, 4.69) is 0 Å². The molecule has 0 aromatic heterocycles. The summed E-state index contributed by atoms with van der Waals surface area (Å²) in [6.07, 6.45) is -4.48. The van der Waals surface area contributed by atoms with Gasteiger partial charge in [-0.1, -0.05) is 13.8 Å². The van der Waals surface area contributed by atoms with Crippen LogP contribution in [0.25, 0.3) is 0 Å². The van der Waals surface area contributed by atoms with E-state index in [4.69, 9.17) is 9.84 Å². The first-order valence-corrected chi connectivity index (χ1v) is 5.87. The predicted octanol–water partition coefficient (Wildman–Crippen LogP) is -1.07. The van der Waals surface area contributed by atoms with Crippen molar-refractivity contribution in [1.29, 1.82) is 0 Å². The van der Waals surface area contributed by atoms with Crippen molar-refractivity contribution in [2.75, 3.05) is 6.61 Å². The van der Waals surface area contributed by atoms with Gasteiger partial charge in [-0.25, -0.2) is 0 Å². The summed E-state index contributed by atoms with van der Waals surface area (Å²) in [5.41, 5.74) is -0.611. The zero-order valence-electron chi connectivity index (χ0n) is 8.78. The van der Waals surface area contributed by atoms with Crippen molar-refractivity contribution in [2.45, 2.75) is 48.9 Å². The quantitative estimate of drug-likeness (QED) is 0.500. The van der Waals surface area contributed by atoms with Gasteiger partial charge in [0.05, 0.1) is 6.61 Å². The Morgan fingerprint density at radius 2 is 1.73 bits per heavy atom. The molecule has 0 bridgehead atoms. The molecule has 0 aromatic carbocycles. The van der Waals surface area contributed by atoms with E-state index >= 15 is 0 Å². The van der Waals surface area contributed by atoms with Crippen LogP contribution in [-0.2, 0) is 4.74 Å². The van der Waals surface area contributed by atoms with Gasteiger partial charge in [-0.05, 0) is 0 Å². The second-order valence-corrected chi connectivity index (χ2v) is 5.56. The van der Waals surface area contributed by atoms with Crippen LogP contribution < -0.4 is 0 Å². The number of thioether (sulfide) groups is 1. The number of rotatable bonds is 3. The third-order valence-electron chi connectivity index (χ3n) is 2.25. The molecule has 0 aliphatic carbocycles. The summed E-state index contributed by atoms with van der Waals surface area (Å²) < 4.78 is 5.29. The lowest BCUT2D eigenvalue weighted by Crippen LogP contribution is -2.57. The van der Waals surface area contributed by atoms with Gasteiger partial charge < -0.3 is 25.2 Å². The molecular formula is C9H18O5S. The smallest absolute Gasteiger partial charge is 0.132 e. The lowest BCUT2D eigenvalue weighted by molar-refractivity contribution is -0.205. The Balaban J connectivity index is 2.65. The minimum atomic E-state index is -1.27. The highest BCUT2D eigenvalue weighted by Crippen LogP contribution is 2.30. The van der Waals surface area contributed by atoms with Crippen LogP contribution in [-0.4, -0.2) is 62.1 Å². The van der Waals surface area contributed by atoms with Crippen molar-refractivity contribution in [2.24, 2.45) is 0 Å². The molecule has 1 fully saturated rings. The van der Waals surface area contributed by atoms with E-state index in [-0.39, 0.29) is 11.9 Å². The molecule has 90 valence electrons.